The Morgan fingerprint density at radius 2 is 2.14 bits per heavy atom. The highest BCUT2D eigenvalue weighted by Crippen LogP contribution is 2.26. The highest BCUT2D eigenvalue weighted by atomic mass is 79.9. The molecule has 7 nitrogen and oxygen atoms in total. The molecule has 1 amide bonds. The Hall–Kier alpha value is -2.29. The molecular formula is C20H22BrN3O4. The Bertz CT molecular complexity index is 874. The van der Waals surface area contributed by atoms with E-state index in [-0.39, 0.29) is 17.7 Å². The minimum atomic E-state index is -0.444. The van der Waals surface area contributed by atoms with Crippen molar-refractivity contribution in [2.45, 2.75) is 19.4 Å². The fourth-order valence-electron chi connectivity index (χ4n) is 3.24. The minimum Gasteiger partial charge on any atom is -0.371 e. The summed E-state index contributed by atoms with van der Waals surface area (Å²) in [6.07, 6.45) is 0.293. The van der Waals surface area contributed by atoms with E-state index in [0.717, 1.165) is 23.1 Å². The fraction of sp³-hybridized carbons (Fsp3) is 0.350. The van der Waals surface area contributed by atoms with E-state index in [0.29, 0.717) is 30.8 Å². The second-order valence-corrected chi connectivity index (χ2v) is 7.64. The Kier molecular flexibility index (Phi) is 6.77. The van der Waals surface area contributed by atoms with Crippen LogP contribution in [0.4, 0.5) is 11.4 Å². The zero-order valence-electron chi connectivity index (χ0n) is 15.6. The van der Waals surface area contributed by atoms with E-state index in [1.54, 1.807) is 19.1 Å². The molecule has 1 N–H and O–H groups in total. The van der Waals surface area contributed by atoms with Gasteiger partial charge in [-0.1, -0.05) is 34.1 Å². The van der Waals surface area contributed by atoms with Gasteiger partial charge in [0.2, 0.25) is 5.91 Å². The SMILES string of the molecule is Cc1c(NC(=O)CCN2CCOC(c3cccc(Br)c3)C2)cccc1[N+](=O)[O-]. The van der Waals surface area contributed by atoms with Crippen LogP contribution in [0.1, 0.15) is 23.7 Å². The predicted molar refractivity (Wildman–Crippen MR) is 110 cm³/mol. The highest BCUT2D eigenvalue weighted by Gasteiger charge is 2.23. The number of hydrogen-bond donors (Lipinski definition) is 1. The molecule has 148 valence electrons. The van der Waals surface area contributed by atoms with Crippen LogP contribution >= 0.6 is 15.9 Å². The zero-order valence-corrected chi connectivity index (χ0v) is 17.1. The van der Waals surface area contributed by atoms with Crippen LogP contribution in [0.15, 0.2) is 46.9 Å². The maximum absolute atomic E-state index is 12.3. The van der Waals surface area contributed by atoms with Crippen molar-refractivity contribution >= 4 is 33.2 Å². The molecule has 0 radical (unpaired) electrons. The number of amides is 1. The topological polar surface area (TPSA) is 84.7 Å². The molecule has 28 heavy (non-hydrogen) atoms. The van der Waals surface area contributed by atoms with E-state index in [9.17, 15) is 14.9 Å². The summed E-state index contributed by atoms with van der Waals surface area (Å²) in [4.78, 5) is 25.1. The number of hydrogen-bond acceptors (Lipinski definition) is 5. The molecule has 0 spiro atoms. The second-order valence-electron chi connectivity index (χ2n) is 6.72. The van der Waals surface area contributed by atoms with Gasteiger partial charge in [0, 0.05) is 36.6 Å². The summed E-state index contributed by atoms with van der Waals surface area (Å²) >= 11 is 3.48. The molecule has 1 fully saturated rings. The maximum Gasteiger partial charge on any atom is 0.274 e. The van der Waals surface area contributed by atoms with E-state index in [1.165, 1.54) is 6.07 Å². The molecule has 8 heteroatoms. The molecule has 0 saturated carbocycles. The first-order chi connectivity index (χ1) is 13.4. The lowest BCUT2D eigenvalue weighted by Gasteiger charge is -2.33. The summed E-state index contributed by atoms with van der Waals surface area (Å²) in [6.45, 7) is 4.35. The number of ether oxygens (including phenoxy) is 1. The lowest BCUT2D eigenvalue weighted by molar-refractivity contribution is -0.385. The average molecular weight is 448 g/mol. The first-order valence-electron chi connectivity index (χ1n) is 9.07. The zero-order chi connectivity index (χ0) is 20.1. The number of rotatable bonds is 6. The smallest absolute Gasteiger partial charge is 0.274 e. The molecule has 3 rings (SSSR count). The normalized spacial score (nSPS) is 17.3. The van der Waals surface area contributed by atoms with Crippen molar-refractivity contribution in [1.82, 2.24) is 4.90 Å². The average Bonchev–Trinajstić information content (AvgIpc) is 2.68. The molecule has 1 aliphatic heterocycles. The molecule has 1 aliphatic rings. The summed E-state index contributed by atoms with van der Waals surface area (Å²) in [5, 5.41) is 13.8. The lowest BCUT2D eigenvalue weighted by atomic mass is 10.1. The van der Waals surface area contributed by atoms with Crippen LogP contribution in [0.5, 0.6) is 0 Å². The third kappa shape index (κ3) is 5.15. The van der Waals surface area contributed by atoms with Crippen molar-refractivity contribution in [2.24, 2.45) is 0 Å². The number of carbonyl (C=O) groups excluding carboxylic acids is 1. The Morgan fingerprint density at radius 3 is 2.89 bits per heavy atom. The van der Waals surface area contributed by atoms with Crippen LogP contribution in [0.25, 0.3) is 0 Å². The summed E-state index contributed by atoms with van der Waals surface area (Å²) in [5.41, 5.74) is 2.05. The van der Waals surface area contributed by atoms with Gasteiger partial charge in [-0.05, 0) is 30.7 Å². The lowest BCUT2D eigenvalue weighted by Crippen LogP contribution is -2.39. The molecule has 2 aromatic carbocycles. The summed E-state index contributed by atoms with van der Waals surface area (Å²) < 4.78 is 6.89. The Balaban J connectivity index is 1.55. The highest BCUT2D eigenvalue weighted by molar-refractivity contribution is 9.10. The number of nitrogens with zero attached hydrogens (tertiary/aromatic N) is 2. The van der Waals surface area contributed by atoms with Crippen LogP contribution < -0.4 is 5.32 Å². The van der Waals surface area contributed by atoms with Gasteiger partial charge in [-0.15, -0.1) is 0 Å². The molecule has 2 aromatic rings. The van der Waals surface area contributed by atoms with Crippen LogP contribution in [-0.4, -0.2) is 42.0 Å². The van der Waals surface area contributed by atoms with Crippen LogP contribution in [0, 0.1) is 17.0 Å². The quantitative estimate of drug-likeness (QED) is 0.532. The van der Waals surface area contributed by atoms with Gasteiger partial charge in [0.05, 0.1) is 28.9 Å². The number of anilines is 1. The van der Waals surface area contributed by atoms with Crippen molar-refractivity contribution in [1.29, 1.82) is 0 Å². The largest absolute Gasteiger partial charge is 0.371 e. The van der Waals surface area contributed by atoms with E-state index < -0.39 is 4.92 Å². The van der Waals surface area contributed by atoms with Gasteiger partial charge in [-0.25, -0.2) is 0 Å². The molecular weight excluding hydrogens is 426 g/mol. The molecule has 0 bridgehead atoms. The number of morpholine rings is 1. The van der Waals surface area contributed by atoms with Gasteiger partial charge >= 0.3 is 0 Å². The van der Waals surface area contributed by atoms with E-state index in [4.69, 9.17) is 4.74 Å². The Morgan fingerprint density at radius 1 is 1.36 bits per heavy atom. The molecule has 1 saturated heterocycles. The third-order valence-corrected chi connectivity index (χ3v) is 5.30. The predicted octanol–water partition coefficient (Wildman–Crippen LogP) is 4.07. The van der Waals surface area contributed by atoms with Crippen molar-refractivity contribution in [3.8, 4) is 0 Å². The third-order valence-electron chi connectivity index (χ3n) is 4.80. The minimum absolute atomic E-state index is 0.00263. The summed E-state index contributed by atoms with van der Waals surface area (Å²) in [5.74, 6) is -0.158. The van der Waals surface area contributed by atoms with Crippen molar-refractivity contribution in [3.05, 3.63) is 68.2 Å². The van der Waals surface area contributed by atoms with Gasteiger partial charge in [-0.2, -0.15) is 0 Å². The van der Waals surface area contributed by atoms with Gasteiger partial charge in [0.25, 0.3) is 5.69 Å². The summed E-state index contributed by atoms with van der Waals surface area (Å²) in [7, 11) is 0. The number of nitrogens with one attached hydrogen (secondary N) is 1. The summed E-state index contributed by atoms with van der Waals surface area (Å²) in [6, 6.07) is 12.7. The number of nitro groups is 1. The molecule has 1 atom stereocenters. The van der Waals surface area contributed by atoms with E-state index >= 15 is 0 Å². The first-order valence-corrected chi connectivity index (χ1v) is 9.86. The van der Waals surface area contributed by atoms with Crippen LogP contribution in [0.3, 0.4) is 0 Å². The monoisotopic (exact) mass is 447 g/mol. The van der Waals surface area contributed by atoms with Crippen molar-refractivity contribution < 1.29 is 14.5 Å². The van der Waals surface area contributed by atoms with E-state index in [2.05, 4.69) is 26.1 Å². The molecule has 1 heterocycles. The number of carbonyl (C=O) groups is 1. The number of nitro benzene ring substituents is 1. The first kappa shape index (κ1) is 20.4. The van der Waals surface area contributed by atoms with Gasteiger partial charge in [0.1, 0.15) is 0 Å². The van der Waals surface area contributed by atoms with Gasteiger partial charge in [-0.3, -0.25) is 19.8 Å². The van der Waals surface area contributed by atoms with E-state index in [1.807, 2.05) is 24.3 Å². The van der Waals surface area contributed by atoms with Crippen molar-refractivity contribution in [2.75, 3.05) is 31.6 Å². The maximum atomic E-state index is 12.3. The Labute approximate surface area is 172 Å². The standard InChI is InChI=1S/C20H22BrN3O4/c1-14-17(6-3-7-18(14)24(26)27)22-20(25)8-9-23-10-11-28-19(13-23)15-4-2-5-16(21)12-15/h2-7,12,19H,8-11,13H2,1H3,(H,22,25). The van der Waals surface area contributed by atoms with Crippen LogP contribution in [-0.2, 0) is 9.53 Å². The molecule has 1 unspecified atom stereocenters. The second kappa shape index (κ2) is 9.27. The number of benzene rings is 2. The molecule has 0 aromatic heterocycles. The van der Waals surface area contributed by atoms with Crippen molar-refractivity contribution in [3.63, 3.8) is 0 Å². The van der Waals surface area contributed by atoms with Gasteiger partial charge in [0.15, 0.2) is 0 Å². The van der Waals surface area contributed by atoms with Gasteiger partial charge < -0.3 is 10.1 Å². The molecule has 0 aliphatic carbocycles. The fourth-order valence-corrected chi connectivity index (χ4v) is 3.66. The van der Waals surface area contributed by atoms with Crippen LogP contribution in [0.2, 0.25) is 0 Å². The number of halogens is 1.